The fourth-order valence-electron chi connectivity index (χ4n) is 3.54. The summed E-state index contributed by atoms with van der Waals surface area (Å²) in [6.07, 6.45) is 4.50. The van der Waals surface area contributed by atoms with E-state index in [0.29, 0.717) is 35.7 Å². The fraction of sp³-hybridized carbons (Fsp3) is 0.481. The van der Waals surface area contributed by atoms with Crippen LogP contribution in [0.4, 0.5) is 4.39 Å². The van der Waals surface area contributed by atoms with Crippen molar-refractivity contribution in [1.82, 2.24) is 19.8 Å². The number of aromatic nitrogens is 2. The van der Waals surface area contributed by atoms with Crippen LogP contribution < -0.4 is 0 Å². The maximum Gasteiger partial charge on any atom is 0.223 e. The van der Waals surface area contributed by atoms with E-state index in [1.807, 2.05) is 18.7 Å². The van der Waals surface area contributed by atoms with Gasteiger partial charge in [0.25, 0.3) is 0 Å². The maximum atomic E-state index is 12.9. The van der Waals surface area contributed by atoms with Gasteiger partial charge in [-0.2, -0.15) is 0 Å². The Balaban J connectivity index is 0.000000269. The summed E-state index contributed by atoms with van der Waals surface area (Å²) >= 11 is 0. The van der Waals surface area contributed by atoms with Crippen LogP contribution in [-0.4, -0.2) is 70.9 Å². The van der Waals surface area contributed by atoms with E-state index < -0.39 is 0 Å². The SMILES string of the molecule is CC(C)/C(=C/C(=N)c1ccc(F)cc1)c1ncc(C=O)[nH]1.CN1CCN(C(=O)CC(C)(C)C)CC1. The first-order valence-electron chi connectivity index (χ1n) is 11.9. The quantitative estimate of drug-likeness (QED) is 0.461. The number of benzene rings is 1. The minimum absolute atomic E-state index is 0.112. The molecule has 0 aliphatic carbocycles. The van der Waals surface area contributed by atoms with Gasteiger partial charge in [0.05, 0.1) is 17.6 Å². The Kier molecular flexibility index (Phi) is 10.1. The van der Waals surface area contributed by atoms with E-state index >= 15 is 0 Å². The molecule has 35 heavy (non-hydrogen) atoms. The Bertz CT molecular complexity index is 1030. The number of piperazine rings is 1. The fourth-order valence-corrected chi connectivity index (χ4v) is 3.54. The van der Waals surface area contributed by atoms with Crippen molar-refractivity contribution in [3.8, 4) is 0 Å². The van der Waals surface area contributed by atoms with Crippen molar-refractivity contribution in [3.63, 3.8) is 0 Å². The molecule has 0 bridgehead atoms. The number of carbonyl (C=O) groups excluding carboxylic acids is 2. The highest BCUT2D eigenvalue weighted by molar-refractivity contribution is 6.10. The first-order chi connectivity index (χ1) is 16.4. The van der Waals surface area contributed by atoms with Crippen molar-refractivity contribution in [2.45, 2.75) is 41.0 Å². The number of H-pyrrole nitrogens is 1. The molecule has 0 unspecified atom stereocenters. The third-order valence-corrected chi connectivity index (χ3v) is 5.61. The molecule has 0 saturated carbocycles. The molecular weight excluding hydrogens is 445 g/mol. The molecule has 7 nitrogen and oxygen atoms in total. The van der Waals surface area contributed by atoms with Gasteiger partial charge in [0.15, 0.2) is 6.29 Å². The van der Waals surface area contributed by atoms with Crippen LogP contribution in [0.3, 0.4) is 0 Å². The minimum atomic E-state index is -0.332. The van der Waals surface area contributed by atoms with Gasteiger partial charge in [-0.25, -0.2) is 9.37 Å². The summed E-state index contributed by atoms with van der Waals surface area (Å²) in [5, 5.41) is 8.11. The normalized spacial score (nSPS) is 15.0. The number of hydrogen-bond donors (Lipinski definition) is 2. The van der Waals surface area contributed by atoms with E-state index in [-0.39, 0.29) is 22.9 Å². The topological polar surface area (TPSA) is 93.1 Å². The van der Waals surface area contributed by atoms with Crippen molar-refractivity contribution >= 4 is 23.5 Å². The van der Waals surface area contributed by atoms with E-state index in [2.05, 4.69) is 42.7 Å². The molecule has 2 aromatic rings. The van der Waals surface area contributed by atoms with Crippen molar-refractivity contribution < 1.29 is 14.0 Å². The third-order valence-electron chi connectivity index (χ3n) is 5.61. The number of allylic oxidation sites excluding steroid dienone is 2. The lowest BCUT2D eigenvalue weighted by Gasteiger charge is -2.34. The van der Waals surface area contributed by atoms with Crippen LogP contribution in [0.1, 0.15) is 62.9 Å². The van der Waals surface area contributed by atoms with Crippen LogP contribution in [0.5, 0.6) is 0 Å². The summed E-state index contributed by atoms with van der Waals surface area (Å²) < 4.78 is 12.9. The zero-order chi connectivity index (χ0) is 26.2. The zero-order valence-electron chi connectivity index (χ0n) is 21.7. The molecule has 8 heteroatoms. The molecule has 1 amide bonds. The maximum absolute atomic E-state index is 12.9. The largest absolute Gasteiger partial charge is 0.340 e. The van der Waals surface area contributed by atoms with E-state index in [1.165, 1.54) is 18.3 Å². The summed E-state index contributed by atoms with van der Waals surface area (Å²) in [4.78, 5) is 33.9. The van der Waals surface area contributed by atoms with E-state index in [9.17, 15) is 14.0 Å². The van der Waals surface area contributed by atoms with Gasteiger partial charge < -0.3 is 20.2 Å². The van der Waals surface area contributed by atoms with Gasteiger partial charge in [-0.05, 0) is 59.9 Å². The zero-order valence-corrected chi connectivity index (χ0v) is 21.7. The molecule has 2 N–H and O–H groups in total. The summed E-state index contributed by atoms with van der Waals surface area (Å²) in [5.41, 5.74) is 2.21. The average Bonchev–Trinajstić information content (AvgIpc) is 3.26. The number of hydrogen-bond acceptors (Lipinski definition) is 5. The molecule has 1 saturated heterocycles. The smallest absolute Gasteiger partial charge is 0.223 e. The molecule has 0 spiro atoms. The number of halogens is 1. The molecule has 2 heterocycles. The van der Waals surface area contributed by atoms with E-state index in [0.717, 1.165) is 31.8 Å². The molecule has 1 aromatic carbocycles. The number of carbonyl (C=O) groups is 2. The standard InChI is InChI=1S/C16H16FN3O.C11H22N2O/c1-10(2)14(16-19-8-13(9-21)20-16)7-15(18)11-3-5-12(17)6-4-11;1-11(2,3)9-10(14)13-7-5-12(4)6-8-13/h3-10,18H,1-2H3,(H,19,20);5-9H2,1-4H3/b14-7-,18-15?;. The second kappa shape index (κ2) is 12.5. The van der Waals surface area contributed by atoms with E-state index in [4.69, 9.17) is 5.41 Å². The number of rotatable bonds is 6. The first kappa shape index (κ1) is 28.1. The number of aromatic amines is 1. The Morgan fingerprint density at radius 1 is 1.17 bits per heavy atom. The molecule has 1 fully saturated rings. The molecule has 3 rings (SSSR count). The Morgan fingerprint density at radius 3 is 2.26 bits per heavy atom. The third kappa shape index (κ3) is 9.20. The molecule has 0 radical (unpaired) electrons. The number of imidazole rings is 1. The highest BCUT2D eigenvalue weighted by Crippen LogP contribution is 2.22. The average molecular weight is 484 g/mol. The lowest BCUT2D eigenvalue weighted by molar-refractivity contribution is -0.134. The predicted octanol–water partition coefficient (Wildman–Crippen LogP) is 4.67. The monoisotopic (exact) mass is 483 g/mol. The summed E-state index contributed by atoms with van der Waals surface area (Å²) in [6.45, 7) is 14.1. The van der Waals surface area contributed by atoms with Crippen LogP contribution in [0, 0.1) is 22.6 Å². The lowest BCUT2D eigenvalue weighted by atomic mass is 9.91. The molecule has 190 valence electrons. The molecule has 1 aliphatic rings. The van der Waals surface area contributed by atoms with Crippen molar-refractivity contribution in [2.24, 2.45) is 11.3 Å². The highest BCUT2D eigenvalue weighted by atomic mass is 19.1. The van der Waals surface area contributed by atoms with Crippen LogP contribution >= 0.6 is 0 Å². The van der Waals surface area contributed by atoms with Gasteiger partial charge in [0, 0.05) is 32.6 Å². The first-order valence-corrected chi connectivity index (χ1v) is 11.9. The minimum Gasteiger partial charge on any atom is -0.340 e. The van der Waals surface area contributed by atoms with Crippen LogP contribution in [0.25, 0.3) is 5.57 Å². The predicted molar refractivity (Wildman–Crippen MR) is 138 cm³/mol. The Morgan fingerprint density at radius 2 is 1.77 bits per heavy atom. The van der Waals surface area contributed by atoms with Gasteiger partial charge >= 0.3 is 0 Å². The second-order valence-corrected chi connectivity index (χ2v) is 10.4. The van der Waals surface area contributed by atoms with Crippen molar-refractivity contribution in [1.29, 1.82) is 5.41 Å². The van der Waals surface area contributed by atoms with Crippen LogP contribution in [0.15, 0.2) is 36.5 Å². The molecule has 0 atom stereocenters. The van der Waals surface area contributed by atoms with Gasteiger partial charge in [0.2, 0.25) is 5.91 Å². The summed E-state index contributed by atoms with van der Waals surface area (Å²) in [5.74, 6) is 0.669. The number of amides is 1. The van der Waals surface area contributed by atoms with Crippen molar-refractivity contribution in [3.05, 3.63) is 59.4 Å². The number of likely N-dealkylation sites (N-methyl/N-ethyl adjacent to an activating group) is 1. The number of aldehydes is 1. The lowest BCUT2D eigenvalue weighted by Crippen LogP contribution is -2.47. The Labute approximate surface area is 207 Å². The van der Waals surface area contributed by atoms with Gasteiger partial charge in [-0.1, -0.05) is 34.6 Å². The van der Waals surface area contributed by atoms with E-state index in [1.54, 1.807) is 18.2 Å². The van der Waals surface area contributed by atoms with Gasteiger partial charge in [-0.3, -0.25) is 9.59 Å². The van der Waals surface area contributed by atoms with Gasteiger partial charge in [0.1, 0.15) is 11.6 Å². The van der Waals surface area contributed by atoms with Gasteiger partial charge in [-0.15, -0.1) is 0 Å². The number of nitrogens with zero attached hydrogens (tertiary/aromatic N) is 3. The van der Waals surface area contributed by atoms with Crippen LogP contribution in [0.2, 0.25) is 0 Å². The molecule has 1 aromatic heterocycles. The molecule has 1 aliphatic heterocycles. The Hall–Kier alpha value is -3.13. The number of nitrogens with one attached hydrogen (secondary N) is 2. The second-order valence-electron chi connectivity index (χ2n) is 10.4. The summed E-state index contributed by atoms with van der Waals surface area (Å²) in [7, 11) is 2.10. The van der Waals surface area contributed by atoms with Crippen molar-refractivity contribution in [2.75, 3.05) is 33.2 Å². The summed E-state index contributed by atoms with van der Waals surface area (Å²) in [6, 6.07) is 5.77. The molecular formula is C27H38FN5O2. The van der Waals surface area contributed by atoms with Crippen LogP contribution in [-0.2, 0) is 4.79 Å². The highest BCUT2D eigenvalue weighted by Gasteiger charge is 2.23.